The van der Waals surface area contributed by atoms with Gasteiger partial charge in [-0.2, -0.15) is 0 Å². The molecule has 0 saturated carbocycles. The van der Waals surface area contributed by atoms with E-state index in [0.29, 0.717) is 12.8 Å². The standard InChI is InChI=1S/C9H15N2O2P/c1-6-10-8(12)4-5-9(13)11(10)7(2)14(6)3/h6-7H,4-5H2,1-3H3/t6-,7-/m0/s1. The van der Waals surface area contributed by atoms with Crippen molar-refractivity contribution in [1.82, 2.24) is 10.0 Å². The summed E-state index contributed by atoms with van der Waals surface area (Å²) < 4.78 is 0. The van der Waals surface area contributed by atoms with Crippen molar-refractivity contribution in [1.29, 1.82) is 0 Å². The van der Waals surface area contributed by atoms with E-state index in [4.69, 9.17) is 0 Å². The Morgan fingerprint density at radius 1 is 1.07 bits per heavy atom. The van der Waals surface area contributed by atoms with Gasteiger partial charge in [-0.3, -0.25) is 9.59 Å². The summed E-state index contributed by atoms with van der Waals surface area (Å²) in [4.78, 5) is 23.3. The van der Waals surface area contributed by atoms with Crippen molar-refractivity contribution in [3.05, 3.63) is 0 Å². The van der Waals surface area contributed by atoms with Gasteiger partial charge in [0.2, 0.25) is 11.8 Å². The monoisotopic (exact) mass is 214 g/mol. The Morgan fingerprint density at radius 2 is 1.43 bits per heavy atom. The van der Waals surface area contributed by atoms with Crippen molar-refractivity contribution in [3.63, 3.8) is 0 Å². The van der Waals surface area contributed by atoms with Crippen molar-refractivity contribution in [3.8, 4) is 0 Å². The van der Waals surface area contributed by atoms with E-state index in [0.717, 1.165) is 0 Å². The molecule has 2 atom stereocenters. The fourth-order valence-electron chi connectivity index (χ4n) is 2.12. The summed E-state index contributed by atoms with van der Waals surface area (Å²) in [5, 5.41) is 3.37. The highest BCUT2D eigenvalue weighted by Gasteiger charge is 2.47. The van der Waals surface area contributed by atoms with Crippen LogP contribution in [-0.4, -0.2) is 40.1 Å². The topological polar surface area (TPSA) is 40.6 Å². The van der Waals surface area contributed by atoms with Gasteiger partial charge in [0.15, 0.2) is 0 Å². The van der Waals surface area contributed by atoms with Crippen LogP contribution in [0.15, 0.2) is 0 Å². The van der Waals surface area contributed by atoms with Gasteiger partial charge in [-0.1, -0.05) is 7.92 Å². The molecule has 0 bridgehead atoms. The van der Waals surface area contributed by atoms with Gasteiger partial charge < -0.3 is 0 Å². The molecule has 5 heteroatoms. The summed E-state index contributed by atoms with van der Waals surface area (Å²) in [6.45, 7) is 6.24. The average Bonchev–Trinajstić information content (AvgIpc) is 2.38. The Bertz CT molecular complexity index is 267. The molecule has 2 heterocycles. The number of amides is 2. The van der Waals surface area contributed by atoms with Crippen molar-refractivity contribution < 1.29 is 9.59 Å². The second-order valence-corrected chi connectivity index (χ2v) is 6.73. The molecule has 0 aliphatic carbocycles. The van der Waals surface area contributed by atoms with Crippen LogP contribution in [0.2, 0.25) is 0 Å². The lowest BCUT2D eigenvalue weighted by molar-refractivity contribution is -0.170. The van der Waals surface area contributed by atoms with Gasteiger partial charge in [0.1, 0.15) is 0 Å². The van der Waals surface area contributed by atoms with Crippen LogP contribution in [0.5, 0.6) is 0 Å². The van der Waals surface area contributed by atoms with Crippen molar-refractivity contribution in [2.24, 2.45) is 0 Å². The number of fused-ring (bicyclic) bond motifs is 1. The first kappa shape index (κ1) is 9.91. The molecule has 0 aromatic carbocycles. The summed E-state index contributed by atoms with van der Waals surface area (Å²) in [6.07, 6.45) is 0.769. The van der Waals surface area contributed by atoms with E-state index in [1.54, 1.807) is 10.0 Å². The minimum absolute atomic E-state index is 0.107. The van der Waals surface area contributed by atoms with Crippen LogP contribution in [0.25, 0.3) is 0 Å². The third-order valence-corrected chi connectivity index (χ3v) is 5.98. The van der Waals surface area contributed by atoms with Crippen LogP contribution in [0, 0.1) is 0 Å². The van der Waals surface area contributed by atoms with Gasteiger partial charge in [-0.15, -0.1) is 0 Å². The molecule has 0 aromatic heterocycles. The highest BCUT2D eigenvalue weighted by Crippen LogP contribution is 2.53. The second kappa shape index (κ2) is 3.20. The van der Waals surface area contributed by atoms with Gasteiger partial charge in [0.25, 0.3) is 0 Å². The van der Waals surface area contributed by atoms with Gasteiger partial charge in [0, 0.05) is 12.8 Å². The summed E-state index contributed by atoms with van der Waals surface area (Å²) in [5.74, 6) is 0.653. The first-order valence-electron chi connectivity index (χ1n) is 4.90. The Kier molecular flexibility index (Phi) is 2.26. The largest absolute Gasteiger partial charge is 0.273 e. The lowest BCUT2D eigenvalue weighted by Crippen LogP contribution is -2.53. The summed E-state index contributed by atoms with van der Waals surface area (Å²) >= 11 is 0. The molecule has 0 N–H and O–H groups in total. The average molecular weight is 214 g/mol. The minimum atomic E-state index is -0.281. The molecule has 2 fully saturated rings. The quantitative estimate of drug-likeness (QED) is 0.568. The zero-order chi connectivity index (χ0) is 10.5. The first-order chi connectivity index (χ1) is 6.54. The predicted molar refractivity (Wildman–Crippen MR) is 54.7 cm³/mol. The Morgan fingerprint density at radius 3 is 1.79 bits per heavy atom. The van der Waals surface area contributed by atoms with Gasteiger partial charge in [0.05, 0.1) is 11.6 Å². The molecule has 2 saturated heterocycles. The van der Waals surface area contributed by atoms with E-state index in [1.165, 1.54) is 0 Å². The molecule has 2 aliphatic rings. The zero-order valence-corrected chi connectivity index (χ0v) is 9.62. The molecule has 0 unspecified atom stereocenters. The predicted octanol–water partition coefficient (Wildman–Crippen LogP) is 1.17. The van der Waals surface area contributed by atoms with E-state index in [9.17, 15) is 9.59 Å². The number of carbonyl (C=O) groups is 2. The highest BCUT2D eigenvalue weighted by molar-refractivity contribution is 7.58. The second-order valence-electron chi connectivity index (χ2n) is 3.91. The summed E-state index contributed by atoms with van der Waals surface area (Å²) in [5.41, 5.74) is 0. The Labute approximate surface area is 85.0 Å². The minimum Gasteiger partial charge on any atom is -0.273 e. The van der Waals surface area contributed by atoms with Crippen molar-refractivity contribution >= 4 is 19.7 Å². The summed E-state index contributed by atoms with van der Waals surface area (Å²) in [6, 6.07) is 0. The molecule has 4 nitrogen and oxygen atoms in total. The number of nitrogens with zero attached hydrogens (tertiary/aromatic N) is 2. The smallest absolute Gasteiger partial charge is 0.242 e. The van der Waals surface area contributed by atoms with E-state index >= 15 is 0 Å². The van der Waals surface area contributed by atoms with Gasteiger partial charge >= 0.3 is 0 Å². The van der Waals surface area contributed by atoms with E-state index in [-0.39, 0.29) is 31.3 Å². The molecule has 14 heavy (non-hydrogen) atoms. The molecule has 0 spiro atoms. The highest BCUT2D eigenvalue weighted by atomic mass is 31.1. The molecule has 78 valence electrons. The number of hydrazine groups is 1. The van der Waals surface area contributed by atoms with E-state index in [1.807, 2.05) is 13.8 Å². The molecule has 0 aromatic rings. The fraction of sp³-hybridized carbons (Fsp3) is 0.778. The van der Waals surface area contributed by atoms with Crippen molar-refractivity contribution in [2.45, 2.75) is 38.3 Å². The maximum Gasteiger partial charge on any atom is 0.242 e. The number of rotatable bonds is 0. The third kappa shape index (κ3) is 1.17. The lowest BCUT2D eigenvalue weighted by Gasteiger charge is -2.35. The van der Waals surface area contributed by atoms with Gasteiger partial charge in [-0.25, -0.2) is 10.0 Å². The van der Waals surface area contributed by atoms with Crippen LogP contribution >= 0.6 is 7.92 Å². The van der Waals surface area contributed by atoms with E-state index < -0.39 is 0 Å². The molecule has 2 aliphatic heterocycles. The van der Waals surface area contributed by atoms with Crippen LogP contribution in [0.3, 0.4) is 0 Å². The maximum atomic E-state index is 11.7. The normalized spacial score (nSPS) is 33.9. The third-order valence-electron chi connectivity index (χ3n) is 3.18. The zero-order valence-electron chi connectivity index (χ0n) is 8.73. The SMILES string of the molecule is C[C@H]1N2C(=O)CCC(=O)N2[C@H](C)P1C. The molecule has 2 amide bonds. The number of carbonyl (C=O) groups excluding carboxylic acids is 2. The molecular formula is C9H15N2O2P. The van der Waals surface area contributed by atoms with Gasteiger partial charge in [-0.05, 0) is 20.5 Å². The lowest BCUT2D eigenvalue weighted by atomic mass is 10.2. The van der Waals surface area contributed by atoms with Crippen LogP contribution in [-0.2, 0) is 9.59 Å². The van der Waals surface area contributed by atoms with Crippen LogP contribution in [0.4, 0.5) is 0 Å². The Hall–Kier alpha value is -0.630. The van der Waals surface area contributed by atoms with E-state index in [2.05, 4.69) is 6.66 Å². The Balaban J connectivity index is 2.34. The molecule has 2 rings (SSSR count). The van der Waals surface area contributed by atoms with Crippen LogP contribution < -0.4 is 0 Å². The number of hydrogen-bond donors (Lipinski definition) is 0. The van der Waals surface area contributed by atoms with Crippen LogP contribution in [0.1, 0.15) is 26.7 Å². The maximum absolute atomic E-state index is 11.7. The molecular weight excluding hydrogens is 199 g/mol. The fourth-order valence-corrected chi connectivity index (χ4v) is 3.91. The molecule has 0 radical (unpaired) electrons. The summed E-state index contributed by atoms with van der Waals surface area (Å²) in [7, 11) is -0.281. The number of hydrogen-bond acceptors (Lipinski definition) is 2. The first-order valence-corrected chi connectivity index (χ1v) is 6.82. The van der Waals surface area contributed by atoms with Crippen molar-refractivity contribution in [2.75, 3.05) is 6.66 Å².